The van der Waals surface area contributed by atoms with Crippen LogP contribution in [0.25, 0.3) is 22.3 Å². The van der Waals surface area contributed by atoms with Crippen molar-refractivity contribution in [2.75, 3.05) is 0 Å². The van der Waals surface area contributed by atoms with E-state index in [-0.39, 0.29) is 0 Å². The molecule has 0 heterocycles. The lowest BCUT2D eigenvalue weighted by atomic mass is 9.98. The van der Waals surface area contributed by atoms with Gasteiger partial charge < -0.3 is 0 Å². The van der Waals surface area contributed by atoms with Gasteiger partial charge in [0.15, 0.2) is 0 Å². The molecular formula is C28H29N. The second-order valence-corrected chi connectivity index (χ2v) is 8.25. The maximum Gasteiger partial charge on any atom is 0.0991 e. The largest absolute Gasteiger partial charge is 0.192 e. The number of nitrogens with zero attached hydrogens (tertiary/aromatic N) is 1. The van der Waals surface area contributed by atoms with Crippen molar-refractivity contribution in [1.82, 2.24) is 0 Å². The average molecular weight is 380 g/mol. The first-order valence-corrected chi connectivity index (χ1v) is 11.0. The van der Waals surface area contributed by atoms with Gasteiger partial charge in [-0.2, -0.15) is 5.26 Å². The first-order chi connectivity index (χ1) is 14.3. The summed E-state index contributed by atoms with van der Waals surface area (Å²) in [6.07, 6.45) is 10.3. The van der Waals surface area contributed by atoms with Gasteiger partial charge in [0.1, 0.15) is 0 Å². The lowest BCUT2D eigenvalue weighted by molar-refractivity contribution is 0.607. The van der Waals surface area contributed by atoms with Crippen molar-refractivity contribution in [3.05, 3.63) is 82.9 Å². The van der Waals surface area contributed by atoms with Gasteiger partial charge in [-0.1, -0.05) is 87.6 Å². The zero-order valence-electron chi connectivity index (χ0n) is 17.4. The van der Waals surface area contributed by atoms with Crippen LogP contribution in [0.1, 0.15) is 67.7 Å². The summed E-state index contributed by atoms with van der Waals surface area (Å²) < 4.78 is 0. The molecule has 0 N–H and O–H groups in total. The molecule has 0 aliphatic heterocycles. The summed E-state index contributed by atoms with van der Waals surface area (Å²) in [6, 6.07) is 24.0. The van der Waals surface area contributed by atoms with Gasteiger partial charge in [-0.15, -0.1) is 0 Å². The SMILES string of the molecule is CCCCCCCCc1ccc2c(c1)Cc1cc(-c3ccc(C#N)cc3)ccc1-2. The number of aryl methyl sites for hydroxylation is 1. The molecular weight excluding hydrogens is 350 g/mol. The second-order valence-electron chi connectivity index (χ2n) is 8.25. The zero-order chi connectivity index (χ0) is 20.1. The molecule has 3 aromatic rings. The highest BCUT2D eigenvalue weighted by molar-refractivity contribution is 5.80. The topological polar surface area (TPSA) is 23.8 Å². The molecule has 0 fully saturated rings. The van der Waals surface area contributed by atoms with Crippen molar-refractivity contribution < 1.29 is 0 Å². The van der Waals surface area contributed by atoms with E-state index in [1.165, 1.54) is 83.9 Å². The Labute approximate surface area is 175 Å². The molecule has 0 saturated heterocycles. The molecule has 0 aromatic heterocycles. The molecule has 1 heteroatoms. The number of rotatable bonds is 8. The minimum Gasteiger partial charge on any atom is -0.192 e. The van der Waals surface area contributed by atoms with Crippen molar-refractivity contribution in [3.8, 4) is 28.3 Å². The molecule has 3 aromatic carbocycles. The highest BCUT2D eigenvalue weighted by Crippen LogP contribution is 2.39. The van der Waals surface area contributed by atoms with Crippen molar-refractivity contribution >= 4 is 0 Å². The van der Waals surface area contributed by atoms with Crippen molar-refractivity contribution in [2.24, 2.45) is 0 Å². The second kappa shape index (κ2) is 9.10. The van der Waals surface area contributed by atoms with Crippen LogP contribution in [0, 0.1) is 11.3 Å². The number of nitriles is 1. The van der Waals surface area contributed by atoms with Gasteiger partial charge in [0, 0.05) is 0 Å². The smallest absolute Gasteiger partial charge is 0.0991 e. The first kappa shape index (κ1) is 19.5. The molecule has 146 valence electrons. The standard InChI is InChI=1S/C28H29N/c1-2-3-4-5-6-7-8-21-11-15-27-25(17-21)19-26-18-24(14-16-28(26)27)23-12-9-22(20-29)10-13-23/h9-18H,2-8,19H2,1H3. The average Bonchev–Trinajstić information content (AvgIpc) is 3.13. The van der Waals surface area contributed by atoms with Gasteiger partial charge in [-0.05, 0) is 70.3 Å². The molecule has 1 aliphatic rings. The quantitative estimate of drug-likeness (QED) is 0.288. The number of benzene rings is 3. The van der Waals surface area contributed by atoms with Crippen LogP contribution in [-0.4, -0.2) is 0 Å². The maximum absolute atomic E-state index is 9.00. The predicted molar refractivity (Wildman–Crippen MR) is 122 cm³/mol. The lowest BCUT2D eigenvalue weighted by Crippen LogP contribution is -1.89. The van der Waals surface area contributed by atoms with E-state index in [4.69, 9.17) is 5.26 Å². The van der Waals surface area contributed by atoms with E-state index in [2.05, 4.69) is 49.4 Å². The van der Waals surface area contributed by atoms with Crippen LogP contribution in [0.3, 0.4) is 0 Å². The molecule has 1 aliphatic carbocycles. The van der Waals surface area contributed by atoms with E-state index in [1.54, 1.807) is 0 Å². The Morgan fingerprint density at radius 1 is 0.724 bits per heavy atom. The van der Waals surface area contributed by atoms with Crippen molar-refractivity contribution in [3.63, 3.8) is 0 Å². The Balaban J connectivity index is 1.44. The van der Waals surface area contributed by atoms with Crippen LogP contribution >= 0.6 is 0 Å². The third kappa shape index (κ3) is 4.43. The predicted octanol–water partition coefficient (Wildman–Crippen LogP) is 7.70. The minimum absolute atomic E-state index is 0.709. The van der Waals surface area contributed by atoms with Gasteiger partial charge in [0.05, 0.1) is 11.6 Å². The van der Waals surface area contributed by atoms with Crippen LogP contribution in [-0.2, 0) is 12.8 Å². The third-order valence-corrected chi connectivity index (χ3v) is 6.11. The maximum atomic E-state index is 9.00. The van der Waals surface area contributed by atoms with Gasteiger partial charge in [0.2, 0.25) is 0 Å². The summed E-state index contributed by atoms with van der Waals surface area (Å²) in [4.78, 5) is 0. The fourth-order valence-corrected chi connectivity index (χ4v) is 4.45. The summed E-state index contributed by atoms with van der Waals surface area (Å²) in [6.45, 7) is 2.27. The van der Waals surface area contributed by atoms with Crippen LogP contribution < -0.4 is 0 Å². The Hall–Kier alpha value is -2.85. The Morgan fingerprint density at radius 3 is 2.14 bits per heavy atom. The molecule has 29 heavy (non-hydrogen) atoms. The van der Waals surface area contributed by atoms with Crippen LogP contribution in [0.2, 0.25) is 0 Å². The highest BCUT2D eigenvalue weighted by Gasteiger charge is 2.19. The van der Waals surface area contributed by atoms with Crippen LogP contribution in [0.15, 0.2) is 60.7 Å². The number of fused-ring (bicyclic) bond motifs is 3. The summed E-state index contributed by atoms with van der Waals surface area (Å²) in [7, 11) is 0. The van der Waals surface area contributed by atoms with Gasteiger partial charge in [-0.3, -0.25) is 0 Å². The molecule has 0 bridgehead atoms. The summed E-state index contributed by atoms with van der Waals surface area (Å²) in [5.41, 5.74) is 10.3. The Kier molecular flexibility index (Phi) is 6.11. The van der Waals surface area contributed by atoms with Crippen molar-refractivity contribution in [2.45, 2.75) is 58.3 Å². The zero-order valence-corrected chi connectivity index (χ0v) is 17.4. The number of hydrogen-bond donors (Lipinski definition) is 0. The molecule has 0 saturated carbocycles. The van der Waals surface area contributed by atoms with E-state index in [0.717, 1.165) is 6.42 Å². The normalized spacial score (nSPS) is 11.7. The van der Waals surface area contributed by atoms with Gasteiger partial charge in [-0.25, -0.2) is 0 Å². The molecule has 0 spiro atoms. The van der Waals surface area contributed by atoms with E-state index in [0.29, 0.717) is 5.56 Å². The molecule has 0 radical (unpaired) electrons. The molecule has 4 rings (SSSR count). The fourth-order valence-electron chi connectivity index (χ4n) is 4.45. The number of hydrogen-bond acceptors (Lipinski definition) is 1. The van der Waals surface area contributed by atoms with Crippen LogP contribution in [0.4, 0.5) is 0 Å². The number of unbranched alkanes of at least 4 members (excludes halogenated alkanes) is 5. The Bertz CT molecular complexity index is 1020. The highest BCUT2D eigenvalue weighted by atomic mass is 14.2. The Morgan fingerprint density at radius 2 is 1.38 bits per heavy atom. The fraction of sp³-hybridized carbons (Fsp3) is 0.321. The monoisotopic (exact) mass is 379 g/mol. The third-order valence-electron chi connectivity index (χ3n) is 6.11. The summed E-state index contributed by atoms with van der Waals surface area (Å²) >= 11 is 0. The van der Waals surface area contributed by atoms with E-state index >= 15 is 0 Å². The minimum atomic E-state index is 0.709. The summed E-state index contributed by atoms with van der Waals surface area (Å²) in [5.74, 6) is 0. The van der Waals surface area contributed by atoms with Gasteiger partial charge in [0.25, 0.3) is 0 Å². The molecule has 0 atom stereocenters. The van der Waals surface area contributed by atoms with Crippen LogP contribution in [0.5, 0.6) is 0 Å². The first-order valence-electron chi connectivity index (χ1n) is 11.0. The van der Waals surface area contributed by atoms with E-state index in [9.17, 15) is 0 Å². The van der Waals surface area contributed by atoms with Crippen molar-refractivity contribution in [1.29, 1.82) is 5.26 Å². The molecule has 0 unspecified atom stereocenters. The lowest BCUT2D eigenvalue weighted by Gasteiger charge is -2.07. The molecule has 1 nitrogen and oxygen atoms in total. The van der Waals surface area contributed by atoms with E-state index < -0.39 is 0 Å². The molecule has 0 amide bonds. The summed E-state index contributed by atoms with van der Waals surface area (Å²) in [5, 5.41) is 9.00. The van der Waals surface area contributed by atoms with E-state index in [1.807, 2.05) is 24.3 Å². The van der Waals surface area contributed by atoms with Gasteiger partial charge >= 0.3 is 0 Å².